The molecule has 1 aliphatic carbocycles. The van der Waals surface area contributed by atoms with Crippen LogP contribution in [0.2, 0.25) is 5.15 Å². The van der Waals surface area contributed by atoms with E-state index in [0.717, 1.165) is 22.7 Å². The van der Waals surface area contributed by atoms with Crippen LogP contribution in [0.3, 0.4) is 0 Å². The molecular formula is C15H15ClN2. The summed E-state index contributed by atoms with van der Waals surface area (Å²) < 4.78 is 0. The van der Waals surface area contributed by atoms with Gasteiger partial charge < -0.3 is 0 Å². The van der Waals surface area contributed by atoms with Gasteiger partial charge >= 0.3 is 0 Å². The minimum atomic E-state index is 0.536. The van der Waals surface area contributed by atoms with Gasteiger partial charge in [0.2, 0.25) is 0 Å². The largest absolute Gasteiger partial charge is 0.236 e. The lowest BCUT2D eigenvalue weighted by Crippen LogP contribution is -2.08. The summed E-state index contributed by atoms with van der Waals surface area (Å²) >= 11 is 6.05. The Hall–Kier alpha value is -1.41. The molecule has 2 nitrogen and oxygen atoms in total. The molecule has 0 amide bonds. The number of hydrogen-bond donors (Lipinski definition) is 0. The normalized spacial score (nSPS) is 15.4. The van der Waals surface area contributed by atoms with Crippen molar-refractivity contribution in [3.05, 3.63) is 46.9 Å². The van der Waals surface area contributed by atoms with E-state index in [9.17, 15) is 0 Å². The Bertz CT molecular complexity index is 576. The SMILES string of the molecule is Cc1c(Cl)ncnc1-c1cccc(C2CCC2)c1. The van der Waals surface area contributed by atoms with Crippen LogP contribution < -0.4 is 0 Å². The van der Waals surface area contributed by atoms with Gasteiger partial charge in [0.15, 0.2) is 0 Å². The Balaban J connectivity index is 2.03. The first-order chi connectivity index (χ1) is 8.75. The second-order valence-electron chi connectivity index (χ2n) is 4.89. The van der Waals surface area contributed by atoms with Crippen molar-refractivity contribution in [2.45, 2.75) is 32.1 Å². The zero-order chi connectivity index (χ0) is 12.5. The topological polar surface area (TPSA) is 25.8 Å². The maximum Gasteiger partial charge on any atom is 0.135 e. The third-order valence-electron chi connectivity index (χ3n) is 3.76. The summed E-state index contributed by atoms with van der Waals surface area (Å²) in [5.74, 6) is 0.738. The maximum absolute atomic E-state index is 6.05. The minimum Gasteiger partial charge on any atom is -0.236 e. The van der Waals surface area contributed by atoms with Gasteiger partial charge in [-0.25, -0.2) is 9.97 Å². The van der Waals surface area contributed by atoms with Crippen LogP contribution in [0, 0.1) is 6.92 Å². The molecule has 0 radical (unpaired) electrons. The number of halogens is 1. The van der Waals surface area contributed by atoms with Gasteiger partial charge in [-0.15, -0.1) is 0 Å². The molecule has 92 valence electrons. The van der Waals surface area contributed by atoms with E-state index in [0.29, 0.717) is 5.15 Å². The van der Waals surface area contributed by atoms with Gasteiger partial charge in [0.25, 0.3) is 0 Å². The monoisotopic (exact) mass is 258 g/mol. The molecule has 1 saturated carbocycles. The Kier molecular flexibility index (Phi) is 3.04. The lowest BCUT2D eigenvalue weighted by atomic mass is 9.79. The lowest BCUT2D eigenvalue weighted by Gasteiger charge is -2.26. The first kappa shape index (κ1) is 11.7. The Labute approximate surface area is 112 Å². The van der Waals surface area contributed by atoms with E-state index in [1.54, 1.807) is 0 Å². The highest BCUT2D eigenvalue weighted by atomic mass is 35.5. The van der Waals surface area contributed by atoms with Crippen molar-refractivity contribution >= 4 is 11.6 Å². The number of aromatic nitrogens is 2. The third-order valence-corrected chi connectivity index (χ3v) is 4.14. The van der Waals surface area contributed by atoms with E-state index in [-0.39, 0.29) is 0 Å². The van der Waals surface area contributed by atoms with E-state index in [2.05, 4.69) is 34.2 Å². The first-order valence-corrected chi connectivity index (χ1v) is 6.71. The van der Waals surface area contributed by atoms with Crippen molar-refractivity contribution in [3.63, 3.8) is 0 Å². The van der Waals surface area contributed by atoms with Crippen LogP contribution in [0.1, 0.15) is 36.3 Å². The molecule has 0 bridgehead atoms. The average Bonchev–Trinajstić information content (AvgIpc) is 2.31. The number of hydrogen-bond acceptors (Lipinski definition) is 2. The van der Waals surface area contributed by atoms with Gasteiger partial charge in [-0.3, -0.25) is 0 Å². The van der Waals surface area contributed by atoms with Crippen molar-refractivity contribution in [1.29, 1.82) is 0 Å². The molecule has 1 heterocycles. The zero-order valence-electron chi connectivity index (χ0n) is 10.4. The van der Waals surface area contributed by atoms with Crippen molar-refractivity contribution in [3.8, 4) is 11.3 Å². The van der Waals surface area contributed by atoms with Crippen molar-refractivity contribution < 1.29 is 0 Å². The molecule has 3 heteroatoms. The predicted octanol–water partition coefficient (Wildman–Crippen LogP) is 4.37. The molecular weight excluding hydrogens is 244 g/mol. The predicted molar refractivity (Wildman–Crippen MR) is 73.8 cm³/mol. The van der Waals surface area contributed by atoms with Gasteiger partial charge in [-0.1, -0.05) is 36.2 Å². The number of benzene rings is 1. The van der Waals surface area contributed by atoms with Crippen LogP contribution in [0.15, 0.2) is 30.6 Å². The maximum atomic E-state index is 6.05. The summed E-state index contributed by atoms with van der Waals surface area (Å²) in [6.07, 6.45) is 5.51. The summed E-state index contributed by atoms with van der Waals surface area (Å²) in [6.45, 7) is 1.97. The number of rotatable bonds is 2. The van der Waals surface area contributed by atoms with Crippen LogP contribution >= 0.6 is 11.6 Å². The van der Waals surface area contributed by atoms with E-state index in [4.69, 9.17) is 11.6 Å². The Morgan fingerprint density at radius 3 is 2.78 bits per heavy atom. The van der Waals surface area contributed by atoms with Gasteiger partial charge in [0, 0.05) is 11.1 Å². The van der Waals surface area contributed by atoms with Crippen molar-refractivity contribution in [1.82, 2.24) is 9.97 Å². The van der Waals surface area contributed by atoms with Crippen LogP contribution in [0.5, 0.6) is 0 Å². The molecule has 1 aliphatic rings. The van der Waals surface area contributed by atoms with E-state index < -0.39 is 0 Å². The third kappa shape index (κ3) is 2.01. The molecule has 0 saturated heterocycles. The standard InChI is InChI=1S/C15H15ClN2/c1-10-14(17-9-18-15(10)16)13-7-3-6-12(8-13)11-4-2-5-11/h3,6-9,11H,2,4-5H2,1H3. The summed E-state index contributed by atoms with van der Waals surface area (Å²) in [4.78, 5) is 8.36. The average molecular weight is 259 g/mol. The van der Waals surface area contributed by atoms with Crippen LogP contribution in [0.4, 0.5) is 0 Å². The van der Waals surface area contributed by atoms with Crippen LogP contribution in [0.25, 0.3) is 11.3 Å². The molecule has 3 rings (SSSR count). The first-order valence-electron chi connectivity index (χ1n) is 6.33. The van der Waals surface area contributed by atoms with E-state index in [1.165, 1.54) is 31.2 Å². The fourth-order valence-corrected chi connectivity index (χ4v) is 2.53. The highest BCUT2D eigenvalue weighted by Gasteiger charge is 2.20. The van der Waals surface area contributed by atoms with Gasteiger partial charge in [-0.05, 0) is 37.3 Å². The molecule has 0 atom stereocenters. The second kappa shape index (κ2) is 4.69. The van der Waals surface area contributed by atoms with Gasteiger partial charge in [0.05, 0.1) is 5.69 Å². The summed E-state index contributed by atoms with van der Waals surface area (Å²) in [5, 5.41) is 0.536. The van der Waals surface area contributed by atoms with Crippen LogP contribution in [-0.2, 0) is 0 Å². The minimum absolute atomic E-state index is 0.536. The summed E-state index contributed by atoms with van der Waals surface area (Å²) in [5.41, 5.74) is 4.45. The molecule has 0 unspecified atom stereocenters. The Morgan fingerprint density at radius 1 is 1.22 bits per heavy atom. The summed E-state index contributed by atoms with van der Waals surface area (Å²) in [7, 11) is 0. The summed E-state index contributed by atoms with van der Waals surface area (Å²) in [6, 6.07) is 8.66. The van der Waals surface area contributed by atoms with Gasteiger partial charge in [0.1, 0.15) is 11.5 Å². The van der Waals surface area contributed by atoms with Crippen molar-refractivity contribution in [2.75, 3.05) is 0 Å². The molecule has 0 spiro atoms. The Morgan fingerprint density at radius 2 is 2.06 bits per heavy atom. The van der Waals surface area contributed by atoms with E-state index in [1.807, 2.05) is 6.92 Å². The van der Waals surface area contributed by atoms with Crippen molar-refractivity contribution in [2.24, 2.45) is 0 Å². The van der Waals surface area contributed by atoms with Gasteiger partial charge in [-0.2, -0.15) is 0 Å². The fraction of sp³-hybridized carbons (Fsp3) is 0.333. The second-order valence-corrected chi connectivity index (χ2v) is 5.25. The molecule has 18 heavy (non-hydrogen) atoms. The molecule has 1 aromatic carbocycles. The molecule has 2 aromatic rings. The molecule has 1 fully saturated rings. The van der Waals surface area contributed by atoms with Crippen LogP contribution in [-0.4, -0.2) is 9.97 Å². The number of nitrogens with zero attached hydrogens (tertiary/aromatic N) is 2. The zero-order valence-corrected chi connectivity index (χ0v) is 11.1. The molecule has 1 aromatic heterocycles. The fourth-order valence-electron chi connectivity index (χ4n) is 2.40. The molecule has 0 aliphatic heterocycles. The lowest BCUT2D eigenvalue weighted by molar-refractivity contribution is 0.420. The molecule has 0 N–H and O–H groups in total. The highest BCUT2D eigenvalue weighted by Crippen LogP contribution is 2.37. The highest BCUT2D eigenvalue weighted by molar-refractivity contribution is 6.30. The smallest absolute Gasteiger partial charge is 0.135 e. The van der Waals surface area contributed by atoms with E-state index >= 15 is 0 Å². The quantitative estimate of drug-likeness (QED) is 0.748.